The van der Waals surface area contributed by atoms with E-state index < -0.39 is 0 Å². The first kappa shape index (κ1) is 13.2. The smallest absolute Gasteiger partial charge is 0.127 e. The normalized spacial score (nSPS) is 12.9. The van der Waals surface area contributed by atoms with E-state index in [4.69, 9.17) is 9.47 Å². The van der Waals surface area contributed by atoms with Gasteiger partial charge >= 0.3 is 0 Å². The van der Waals surface area contributed by atoms with E-state index in [1.165, 1.54) is 0 Å². The Hall–Kier alpha value is -0.910. The van der Waals surface area contributed by atoms with Crippen LogP contribution in [0.15, 0.2) is 12.4 Å². The number of methoxy groups -OCH3 is 1. The second-order valence-electron chi connectivity index (χ2n) is 3.57. The fraction of sp³-hybridized carbons (Fsp3) is 0.727. The highest BCUT2D eigenvalue weighted by Crippen LogP contribution is 2.09. The Morgan fingerprint density at radius 3 is 2.88 bits per heavy atom. The highest BCUT2D eigenvalue weighted by molar-refractivity contribution is 4.98. The third-order valence-electron chi connectivity index (χ3n) is 2.34. The van der Waals surface area contributed by atoms with Crippen molar-refractivity contribution in [3.63, 3.8) is 0 Å². The third kappa shape index (κ3) is 3.92. The van der Waals surface area contributed by atoms with Gasteiger partial charge in [0.15, 0.2) is 0 Å². The van der Waals surface area contributed by atoms with Crippen molar-refractivity contribution in [3.8, 4) is 0 Å². The summed E-state index contributed by atoms with van der Waals surface area (Å²) in [5.74, 6) is 0.999. The van der Waals surface area contributed by atoms with Gasteiger partial charge in [0.25, 0.3) is 0 Å². The molecule has 0 aromatic carbocycles. The molecule has 0 saturated carbocycles. The first-order valence-corrected chi connectivity index (χ1v) is 5.56. The van der Waals surface area contributed by atoms with Crippen LogP contribution in [-0.2, 0) is 16.5 Å². The molecule has 1 N–H and O–H groups in total. The van der Waals surface area contributed by atoms with Crippen LogP contribution >= 0.6 is 0 Å². The van der Waals surface area contributed by atoms with Crippen molar-refractivity contribution in [3.05, 3.63) is 18.2 Å². The summed E-state index contributed by atoms with van der Waals surface area (Å²) in [4.78, 5) is 4.32. The predicted molar refractivity (Wildman–Crippen MR) is 62.3 cm³/mol. The molecule has 1 rings (SSSR count). The molecular formula is C11H21N3O2. The van der Waals surface area contributed by atoms with Crippen molar-refractivity contribution >= 4 is 0 Å². The zero-order valence-electron chi connectivity index (χ0n) is 10.3. The Kier molecular flexibility index (Phi) is 6.07. The average molecular weight is 227 g/mol. The van der Waals surface area contributed by atoms with Gasteiger partial charge < -0.3 is 19.4 Å². The van der Waals surface area contributed by atoms with E-state index in [2.05, 4.69) is 17.2 Å². The monoisotopic (exact) mass is 227 g/mol. The van der Waals surface area contributed by atoms with Crippen LogP contribution in [0.25, 0.3) is 0 Å². The number of rotatable bonds is 8. The number of nitrogens with zero attached hydrogens (tertiary/aromatic N) is 2. The second kappa shape index (κ2) is 7.38. The van der Waals surface area contributed by atoms with Crippen LogP contribution in [0.1, 0.15) is 18.8 Å². The summed E-state index contributed by atoms with van der Waals surface area (Å²) in [5, 5.41) is 3.35. The lowest BCUT2D eigenvalue weighted by molar-refractivity contribution is 0.0572. The van der Waals surface area contributed by atoms with Crippen molar-refractivity contribution in [2.24, 2.45) is 7.05 Å². The first-order chi connectivity index (χ1) is 7.79. The van der Waals surface area contributed by atoms with Crippen molar-refractivity contribution < 1.29 is 9.47 Å². The minimum absolute atomic E-state index is 0.141. The Balaban J connectivity index is 2.45. The van der Waals surface area contributed by atoms with Gasteiger partial charge in [-0.05, 0) is 6.54 Å². The highest BCUT2D eigenvalue weighted by Gasteiger charge is 2.14. The Morgan fingerprint density at radius 2 is 2.31 bits per heavy atom. The average Bonchev–Trinajstić information content (AvgIpc) is 2.69. The largest absolute Gasteiger partial charge is 0.382 e. The fourth-order valence-corrected chi connectivity index (χ4v) is 1.53. The van der Waals surface area contributed by atoms with Crippen molar-refractivity contribution in [2.45, 2.75) is 13.0 Å². The molecular weight excluding hydrogens is 206 g/mol. The van der Waals surface area contributed by atoms with E-state index in [1.54, 1.807) is 13.3 Å². The maximum absolute atomic E-state index is 5.53. The number of aryl methyl sites for hydroxylation is 1. The quantitative estimate of drug-likeness (QED) is 0.665. The van der Waals surface area contributed by atoms with Gasteiger partial charge in [0.05, 0.1) is 25.9 Å². The van der Waals surface area contributed by atoms with Crippen molar-refractivity contribution in [1.82, 2.24) is 14.9 Å². The first-order valence-electron chi connectivity index (χ1n) is 5.56. The molecule has 0 aliphatic rings. The molecule has 1 unspecified atom stereocenters. The van der Waals surface area contributed by atoms with Crippen LogP contribution in [0.3, 0.4) is 0 Å². The molecule has 5 heteroatoms. The molecule has 1 aromatic rings. The molecule has 0 aliphatic carbocycles. The third-order valence-corrected chi connectivity index (χ3v) is 2.34. The number of hydrogen-bond donors (Lipinski definition) is 1. The number of aromatic nitrogens is 2. The topological polar surface area (TPSA) is 48.3 Å². The van der Waals surface area contributed by atoms with Gasteiger partial charge in [-0.1, -0.05) is 6.92 Å². The second-order valence-corrected chi connectivity index (χ2v) is 3.57. The van der Waals surface area contributed by atoms with Crippen molar-refractivity contribution in [1.29, 1.82) is 0 Å². The predicted octanol–water partition coefficient (Wildman–Crippen LogP) is 0.734. The molecule has 0 bridgehead atoms. The molecule has 1 atom stereocenters. The minimum atomic E-state index is 0.141. The van der Waals surface area contributed by atoms with Gasteiger partial charge in [0.2, 0.25) is 0 Å². The summed E-state index contributed by atoms with van der Waals surface area (Å²) in [6, 6.07) is 0.141. The fourth-order valence-electron chi connectivity index (χ4n) is 1.53. The molecule has 0 radical (unpaired) electrons. The molecule has 0 aliphatic heterocycles. The van der Waals surface area contributed by atoms with Crippen molar-refractivity contribution in [2.75, 3.05) is 33.5 Å². The van der Waals surface area contributed by atoms with Gasteiger partial charge in [-0.15, -0.1) is 0 Å². The van der Waals surface area contributed by atoms with Crippen LogP contribution in [-0.4, -0.2) is 43.0 Å². The number of ether oxygens (including phenoxy) is 2. The molecule has 0 amide bonds. The number of hydrogen-bond acceptors (Lipinski definition) is 4. The van der Waals surface area contributed by atoms with E-state index >= 15 is 0 Å². The molecule has 0 spiro atoms. The summed E-state index contributed by atoms with van der Waals surface area (Å²) in [6.45, 7) is 4.82. The van der Waals surface area contributed by atoms with Gasteiger partial charge in [0, 0.05) is 26.6 Å². The van der Waals surface area contributed by atoms with E-state index in [0.29, 0.717) is 19.8 Å². The number of likely N-dealkylation sites (N-methyl/N-ethyl adjacent to an activating group) is 1. The molecule has 16 heavy (non-hydrogen) atoms. The lowest BCUT2D eigenvalue weighted by Crippen LogP contribution is -2.28. The Morgan fingerprint density at radius 1 is 1.50 bits per heavy atom. The maximum atomic E-state index is 5.53. The highest BCUT2D eigenvalue weighted by atomic mass is 16.5. The lowest BCUT2D eigenvalue weighted by atomic mass is 10.3. The SMILES string of the molecule is CCNC(COCCOC)c1nccn1C. The van der Waals surface area contributed by atoms with E-state index in [-0.39, 0.29) is 6.04 Å². The van der Waals surface area contributed by atoms with Crippen LogP contribution in [0.5, 0.6) is 0 Å². The van der Waals surface area contributed by atoms with Crippen LogP contribution in [0.2, 0.25) is 0 Å². The van der Waals surface area contributed by atoms with Crippen LogP contribution in [0.4, 0.5) is 0 Å². The van der Waals surface area contributed by atoms with E-state index in [0.717, 1.165) is 12.4 Å². The minimum Gasteiger partial charge on any atom is -0.382 e. The molecule has 1 aromatic heterocycles. The Labute approximate surface area is 96.8 Å². The zero-order chi connectivity index (χ0) is 11.8. The zero-order valence-corrected chi connectivity index (χ0v) is 10.3. The van der Waals surface area contributed by atoms with E-state index in [1.807, 2.05) is 17.8 Å². The van der Waals surface area contributed by atoms with Crippen LogP contribution < -0.4 is 5.32 Å². The number of imidazole rings is 1. The van der Waals surface area contributed by atoms with Gasteiger partial charge in [-0.3, -0.25) is 0 Å². The van der Waals surface area contributed by atoms with Gasteiger partial charge in [-0.2, -0.15) is 0 Å². The molecule has 1 heterocycles. The number of nitrogens with one attached hydrogen (secondary N) is 1. The van der Waals surface area contributed by atoms with Gasteiger partial charge in [-0.25, -0.2) is 4.98 Å². The summed E-state index contributed by atoms with van der Waals surface area (Å²) >= 11 is 0. The summed E-state index contributed by atoms with van der Waals surface area (Å²) in [5.41, 5.74) is 0. The van der Waals surface area contributed by atoms with Crippen LogP contribution in [0, 0.1) is 0 Å². The summed E-state index contributed by atoms with van der Waals surface area (Å²) in [7, 11) is 3.66. The Bertz CT molecular complexity index is 289. The summed E-state index contributed by atoms with van der Waals surface area (Å²) in [6.07, 6.45) is 3.74. The lowest BCUT2D eigenvalue weighted by Gasteiger charge is -2.17. The maximum Gasteiger partial charge on any atom is 0.127 e. The molecule has 92 valence electrons. The standard InChI is InChI=1S/C11H21N3O2/c1-4-12-10(9-16-8-7-15-3)11-13-5-6-14(11)2/h5-6,10,12H,4,7-9H2,1-3H3. The molecule has 5 nitrogen and oxygen atoms in total. The summed E-state index contributed by atoms with van der Waals surface area (Å²) < 4.78 is 12.5. The van der Waals surface area contributed by atoms with Gasteiger partial charge in [0.1, 0.15) is 5.82 Å². The molecule has 0 fully saturated rings. The van der Waals surface area contributed by atoms with E-state index in [9.17, 15) is 0 Å². The molecule has 0 saturated heterocycles.